The maximum atomic E-state index is 12.4. The molecular formula is C14H23N3O3S. The second kappa shape index (κ2) is 5.79. The summed E-state index contributed by atoms with van der Waals surface area (Å²) in [5.41, 5.74) is -0.152. The van der Waals surface area contributed by atoms with Crippen LogP contribution in [-0.4, -0.2) is 41.6 Å². The minimum Gasteiger partial charge on any atom is -0.349 e. The summed E-state index contributed by atoms with van der Waals surface area (Å²) in [7, 11) is -3.13. The van der Waals surface area contributed by atoms with Crippen LogP contribution in [0.3, 0.4) is 0 Å². The molecule has 0 N–H and O–H groups in total. The van der Waals surface area contributed by atoms with E-state index in [2.05, 4.69) is 4.98 Å². The Morgan fingerprint density at radius 2 is 1.95 bits per heavy atom. The quantitative estimate of drug-likeness (QED) is 0.831. The van der Waals surface area contributed by atoms with Crippen molar-refractivity contribution in [1.82, 2.24) is 9.55 Å². The molecule has 118 valence electrons. The molecule has 21 heavy (non-hydrogen) atoms. The number of rotatable bonds is 4. The van der Waals surface area contributed by atoms with Crippen molar-refractivity contribution in [3.8, 4) is 0 Å². The van der Waals surface area contributed by atoms with E-state index in [-0.39, 0.29) is 11.3 Å². The summed E-state index contributed by atoms with van der Waals surface area (Å²) in [4.78, 5) is 18.4. The molecular weight excluding hydrogens is 290 g/mol. The molecule has 0 radical (unpaired) electrons. The van der Waals surface area contributed by atoms with Gasteiger partial charge in [0, 0.05) is 32.0 Å². The van der Waals surface area contributed by atoms with Gasteiger partial charge in [0.15, 0.2) is 15.7 Å². The Balaban J connectivity index is 2.43. The van der Waals surface area contributed by atoms with Crippen LogP contribution >= 0.6 is 0 Å². The third-order valence-electron chi connectivity index (χ3n) is 4.59. The van der Waals surface area contributed by atoms with E-state index >= 15 is 0 Å². The lowest BCUT2D eigenvalue weighted by Crippen LogP contribution is -2.57. The van der Waals surface area contributed by atoms with Crippen LogP contribution in [0.25, 0.3) is 0 Å². The van der Waals surface area contributed by atoms with Crippen LogP contribution in [0.4, 0.5) is 5.82 Å². The van der Waals surface area contributed by atoms with E-state index < -0.39 is 14.6 Å². The van der Waals surface area contributed by atoms with Crippen molar-refractivity contribution in [2.75, 3.05) is 23.7 Å². The molecule has 1 aromatic rings. The van der Waals surface area contributed by atoms with Crippen LogP contribution in [0.15, 0.2) is 17.2 Å². The Hall–Kier alpha value is -1.37. The molecule has 0 atom stereocenters. The van der Waals surface area contributed by atoms with E-state index in [0.29, 0.717) is 38.3 Å². The van der Waals surface area contributed by atoms with Gasteiger partial charge in [0.05, 0.1) is 10.5 Å². The molecule has 1 saturated heterocycles. The van der Waals surface area contributed by atoms with Crippen LogP contribution < -0.4 is 10.5 Å². The fourth-order valence-corrected chi connectivity index (χ4v) is 5.09. The first-order valence-corrected chi connectivity index (χ1v) is 9.08. The van der Waals surface area contributed by atoms with Gasteiger partial charge < -0.3 is 9.47 Å². The maximum Gasteiger partial charge on any atom is 0.293 e. The largest absolute Gasteiger partial charge is 0.349 e. The van der Waals surface area contributed by atoms with E-state index in [9.17, 15) is 13.2 Å². The van der Waals surface area contributed by atoms with Crippen molar-refractivity contribution in [1.29, 1.82) is 0 Å². The van der Waals surface area contributed by atoms with Gasteiger partial charge in [-0.05, 0) is 19.8 Å². The monoisotopic (exact) mass is 313 g/mol. The fraction of sp³-hybridized carbons (Fsp3) is 0.714. The summed E-state index contributed by atoms with van der Waals surface area (Å²) in [6.07, 6.45) is 4.36. The zero-order valence-electron chi connectivity index (χ0n) is 12.9. The van der Waals surface area contributed by atoms with Gasteiger partial charge in [-0.25, -0.2) is 13.4 Å². The van der Waals surface area contributed by atoms with Gasteiger partial charge in [-0.2, -0.15) is 0 Å². The van der Waals surface area contributed by atoms with Crippen molar-refractivity contribution in [2.24, 2.45) is 0 Å². The van der Waals surface area contributed by atoms with Crippen LogP contribution in [-0.2, 0) is 16.4 Å². The second-order valence-corrected chi connectivity index (χ2v) is 7.98. The van der Waals surface area contributed by atoms with Gasteiger partial charge in [-0.15, -0.1) is 0 Å². The van der Waals surface area contributed by atoms with Crippen LogP contribution in [0, 0.1) is 0 Å². The SMILES string of the molecule is CCn1ccnc(N2CCS(=O)(=O)C(CC)(CC)C2)c1=O. The third-order valence-corrected chi connectivity index (χ3v) is 7.34. The Bertz CT molecular complexity index is 662. The highest BCUT2D eigenvalue weighted by Crippen LogP contribution is 2.32. The smallest absolute Gasteiger partial charge is 0.293 e. The van der Waals surface area contributed by atoms with Gasteiger partial charge in [0.2, 0.25) is 0 Å². The van der Waals surface area contributed by atoms with Crippen molar-refractivity contribution in [2.45, 2.75) is 44.9 Å². The molecule has 0 spiro atoms. The van der Waals surface area contributed by atoms with Gasteiger partial charge in [-0.3, -0.25) is 4.79 Å². The molecule has 1 fully saturated rings. The average molecular weight is 313 g/mol. The molecule has 2 rings (SSSR count). The van der Waals surface area contributed by atoms with Crippen LogP contribution in [0.5, 0.6) is 0 Å². The predicted octanol–water partition coefficient (Wildman–Crippen LogP) is 1.06. The van der Waals surface area contributed by atoms with Gasteiger partial charge in [0.25, 0.3) is 5.56 Å². The van der Waals surface area contributed by atoms with E-state index in [0.717, 1.165) is 0 Å². The standard InChI is InChI=1S/C14H23N3O3S/c1-4-14(5-2)11-17(9-10-21(14,19)20)12-13(18)16(6-3)8-7-15-12/h7-8H,4-6,9-11H2,1-3H3. The number of hydrogen-bond donors (Lipinski definition) is 0. The van der Waals surface area contributed by atoms with E-state index in [4.69, 9.17) is 0 Å². The molecule has 1 aliphatic rings. The van der Waals surface area contributed by atoms with Crippen molar-refractivity contribution < 1.29 is 8.42 Å². The zero-order chi connectivity index (χ0) is 15.7. The molecule has 7 heteroatoms. The number of anilines is 1. The summed E-state index contributed by atoms with van der Waals surface area (Å²) in [5, 5.41) is 0. The molecule has 6 nitrogen and oxygen atoms in total. The Morgan fingerprint density at radius 3 is 2.52 bits per heavy atom. The van der Waals surface area contributed by atoms with Crippen LogP contribution in [0.1, 0.15) is 33.6 Å². The molecule has 2 heterocycles. The van der Waals surface area contributed by atoms with E-state index in [1.54, 1.807) is 17.0 Å². The molecule has 0 aromatic carbocycles. The number of hydrogen-bond acceptors (Lipinski definition) is 5. The van der Waals surface area contributed by atoms with E-state index in [1.807, 2.05) is 25.7 Å². The molecule has 0 bridgehead atoms. The first-order valence-electron chi connectivity index (χ1n) is 7.43. The topological polar surface area (TPSA) is 72.3 Å². The minimum atomic E-state index is -3.13. The van der Waals surface area contributed by atoms with Crippen molar-refractivity contribution >= 4 is 15.7 Å². The van der Waals surface area contributed by atoms with Gasteiger partial charge >= 0.3 is 0 Å². The highest BCUT2D eigenvalue weighted by Gasteiger charge is 2.45. The lowest BCUT2D eigenvalue weighted by atomic mass is 10.0. The molecule has 0 aliphatic carbocycles. The summed E-state index contributed by atoms with van der Waals surface area (Å²) in [6.45, 7) is 6.94. The van der Waals surface area contributed by atoms with Crippen molar-refractivity contribution in [3.63, 3.8) is 0 Å². The molecule has 0 saturated carbocycles. The van der Waals surface area contributed by atoms with Gasteiger partial charge in [-0.1, -0.05) is 13.8 Å². The van der Waals surface area contributed by atoms with Crippen LogP contribution in [0.2, 0.25) is 0 Å². The summed E-state index contributed by atoms with van der Waals surface area (Å²) in [5.74, 6) is 0.442. The molecule has 0 amide bonds. The Morgan fingerprint density at radius 1 is 1.29 bits per heavy atom. The number of aryl methyl sites for hydroxylation is 1. The first-order chi connectivity index (χ1) is 9.90. The highest BCUT2D eigenvalue weighted by atomic mass is 32.2. The molecule has 0 unspecified atom stereocenters. The highest BCUT2D eigenvalue weighted by molar-refractivity contribution is 7.92. The Labute approximate surface area is 125 Å². The Kier molecular flexibility index (Phi) is 4.41. The molecule has 1 aromatic heterocycles. The van der Waals surface area contributed by atoms with Gasteiger partial charge in [0.1, 0.15) is 0 Å². The fourth-order valence-electron chi connectivity index (χ4n) is 2.97. The minimum absolute atomic E-state index is 0.0802. The summed E-state index contributed by atoms with van der Waals surface area (Å²) < 4.78 is 25.7. The first kappa shape index (κ1) is 16.0. The number of nitrogens with zero attached hydrogens (tertiary/aromatic N) is 3. The number of sulfone groups is 1. The normalized spacial score (nSPS) is 20.4. The summed E-state index contributed by atoms with van der Waals surface area (Å²) in [6, 6.07) is 0. The second-order valence-electron chi connectivity index (χ2n) is 5.47. The molecule has 1 aliphatic heterocycles. The zero-order valence-corrected chi connectivity index (χ0v) is 13.7. The third kappa shape index (κ3) is 2.59. The lowest BCUT2D eigenvalue weighted by molar-refractivity contribution is 0.456. The van der Waals surface area contributed by atoms with E-state index in [1.165, 1.54) is 0 Å². The number of aromatic nitrogens is 2. The average Bonchev–Trinajstić information content (AvgIpc) is 2.48. The summed E-state index contributed by atoms with van der Waals surface area (Å²) >= 11 is 0. The van der Waals surface area contributed by atoms with Crippen molar-refractivity contribution in [3.05, 3.63) is 22.7 Å². The maximum absolute atomic E-state index is 12.4. The predicted molar refractivity (Wildman–Crippen MR) is 83.5 cm³/mol. The lowest BCUT2D eigenvalue weighted by Gasteiger charge is -2.41.